The Morgan fingerprint density at radius 2 is 1.71 bits per heavy atom. The summed E-state index contributed by atoms with van der Waals surface area (Å²) in [6.07, 6.45) is -0.127. The molecule has 0 spiro atoms. The number of benzene rings is 2. The molecule has 0 bridgehead atoms. The minimum absolute atomic E-state index is 0.127. The minimum Gasteiger partial charge on any atom is -0.497 e. The maximum atomic E-state index is 13.5. The zero-order valence-electron chi connectivity index (χ0n) is 18.6. The van der Waals surface area contributed by atoms with Crippen molar-refractivity contribution in [2.45, 2.75) is 25.9 Å². The van der Waals surface area contributed by atoms with Crippen LogP contribution in [-0.4, -0.2) is 41.7 Å². The molecule has 0 N–H and O–H groups in total. The van der Waals surface area contributed by atoms with Gasteiger partial charge in [-0.3, -0.25) is 19.2 Å². The molecule has 8 nitrogen and oxygen atoms in total. The van der Waals surface area contributed by atoms with Gasteiger partial charge in [-0.25, -0.2) is 4.90 Å². The standard InChI is InChI=1S/C25H22N2O6S/c1-16(28)33-20-11-7-18(8-12-20)27-23(29)14-22(25(27)31)26(15-21-4-3-13-34-21)24(30)17-5-9-19(32-2)10-6-17/h3-13,22H,14-15H2,1-2H3. The predicted molar refractivity (Wildman–Crippen MR) is 126 cm³/mol. The number of carbonyl (C=O) groups is 4. The average Bonchev–Trinajstić information content (AvgIpc) is 3.45. The zero-order valence-corrected chi connectivity index (χ0v) is 19.4. The van der Waals surface area contributed by atoms with Gasteiger partial charge in [0.25, 0.3) is 11.8 Å². The molecule has 3 amide bonds. The highest BCUT2D eigenvalue weighted by molar-refractivity contribution is 7.09. The Kier molecular flexibility index (Phi) is 6.74. The van der Waals surface area contributed by atoms with Gasteiger partial charge in [-0.15, -0.1) is 11.3 Å². The first-order chi connectivity index (χ1) is 16.4. The number of hydrogen-bond donors (Lipinski definition) is 0. The molecule has 1 aromatic heterocycles. The van der Waals surface area contributed by atoms with Gasteiger partial charge in [0.05, 0.1) is 25.8 Å². The molecule has 2 aromatic carbocycles. The Hall–Kier alpha value is -3.98. The Bertz CT molecular complexity index is 1210. The molecular formula is C25H22N2O6S. The Labute approximate surface area is 200 Å². The van der Waals surface area contributed by atoms with E-state index in [1.54, 1.807) is 24.3 Å². The van der Waals surface area contributed by atoms with Crippen LogP contribution in [0.2, 0.25) is 0 Å². The van der Waals surface area contributed by atoms with E-state index in [0.717, 1.165) is 9.78 Å². The number of imide groups is 1. The van der Waals surface area contributed by atoms with Crippen molar-refractivity contribution in [1.29, 1.82) is 0 Å². The van der Waals surface area contributed by atoms with Crippen molar-refractivity contribution in [1.82, 2.24) is 4.90 Å². The quantitative estimate of drug-likeness (QED) is 0.292. The van der Waals surface area contributed by atoms with E-state index in [9.17, 15) is 19.2 Å². The third-order valence-electron chi connectivity index (χ3n) is 5.36. The van der Waals surface area contributed by atoms with Gasteiger partial charge in [0.15, 0.2) is 0 Å². The topological polar surface area (TPSA) is 93.2 Å². The first-order valence-corrected chi connectivity index (χ1v) is 11.4. The molecule has 34 heavy (non-hydrogen) atoms. The van der Waals surface area contributed by atoms with Crippen LogP contribution >= 0.6 is 11.3 Å². The molecule has 2 heterocycles. The average molecular weight is 479 g/mol. The van der Waals surface area contributed by atoms with E-state index < -0.39 is 23.8 Å². The van der Waals surface area contributed by atoms with Gasteiger partial charge in [0.1, 0.15) is 17.5 Å². The van der Waals surface area contributed by atoms with Crippen molar-refractivity contribution in [3.63, 3.8) is 0 Å². The van der Waals surface area contributed by atoms with Crippen LogP contribution in [0.5, 0.6) is 11.5 Å². The number of esters is 1. The summed E-state index contributed by atoms with van der Waals surface area (Å²) in [4.78, 5) is 54.3. The number of rotatable bonds is 7. The first-order valence-electron chi connectivity index (χ1n) is 10.5. The fourth-order valence-corrected chi connectivity index (χ4v) is 4.46. The second-order valence-electron chi connectivity index (χ2n) is 7.62. The maximum absolute atomic E-state index is 13.5. The normalized spacial score (nSPS) is 15.4. The lowest BCUT2D eigenvalue weighted by Gasteiger charge is -2.27. The number of ether oxygens (including phenoxy) is 2. The van der Waals surface area contributed by atoms with Gasteiger partial charge in [-0.2, -0.15) is 0 Å². The fourth-order valence-electron chi connectivity index (χ4n) is 3.75. The molecule has 9 heteroatoms. The molecule has 1 aliphatic heterocycles. The fraction of sp³-hybridized carbons (Fsp3) is 0.200. The predicted octanol–water partition coefficient (Wildman–Crippen LogP) is 3.66. The Morgan fingerprint density at radius 3 is 2.29 bits per heavy atom. The Morgan fingerprint density at radius 1 is 1.03 bits per heavy atom. The van der Waals surface area contributed by atoms with Crippen LogP contribution in [0.4, 0.5) is 5.69 Å². The highest BCUT2D eigenvalue weighted by atomic mass is 32.1. The summed E-state index contributed by atoms with van der Waals surface area (Å²) in [5, 5.41) is 1.89. The smallest absolute Gasteiger partial charge is 0.308 e. The van der Waals surface area contributed by atoms with E-state index in [1.807, 2.05) is 17.5 Å². The number of carbonyl (C=O) groups excluding carboxylic acids is 4. The molecular weight excluding hydrogens is 456 g/mol. The van der Waals surface area contributed by atoms with Gasteiger partial charge in [-0.1, -0.05) is 6.07 Å². The van der Waals surface area contributed by atoms with Gasteiger partial charge in [0.2, 0.25) is 5.91 Å². The van der Waals surface area contributed by atoms with Gasteiger partial charge < -0.3 is 14.4 Å². The van der Waals surface area contributed by atoms with Crippen molar-refractivity contribution in [2.24, 2.45) is 0 Å². The largest absolute Gasteiger partial charge is 0.497 e. The summed E-state index contributed by atoms with van der Waals surface area (Å²) in [6, 6.07) is 15.5. The Balaban J connectivity index is 1.62. The van der Waals surface area contributed by atoms with Crippen molar-refractivity contribution in [3.05, 3.63) is 76.5 Å². The second-order valence-corrected chi connectivity index (χ2v) is 8.65. The molecule has 0 saturated carbocycles. The number of thiophene rings is 1. The lowest BCUT2D eigenvalue weighted by atomic mass is 10.1. The molecule has 3 aromatic rings. The molecule has 1 aliphatic rings. The molecule has 1 saturated heterocycles. The third kappa shape index (κ3) is 4.84. The number of anilines is 1. The maximum Gasteiger partial charge on any atom is 0.308 e. The van der Waals surface area contributed by atoms with E-state index in [0.29, 0.717) is 22.7 Å². The summed E-state index contributed by atoms with van der Waals surface area (Å²) in [5.74, 6) is -0.799. The number of hydrogen-bond acceptors (Lipinski definition) is 7. The first kappa shape index (κ1) is 23.2. The van der Waals surface area contributed by atoms with Crippen LogP contribution in [0.25, 0.3) is 0 Å². The molecule has 174 valence electrons. The summed E-state index contributed by atoms with van der Waals surface area (Å²) >= 11 is 1.47. The van der Waals surface area contributed by atoms with Gasteiger partial charge in [0, 0.05) is 17.4 Å². The van der Waals surface area contributed by atoms with Crippen LogP contribution < -0.4 is 14.4 Å². The van der Waals surface area contributed by atoms with Crippen LogP contribution in [0, 0.1) is 0 Å². The molecule has 0 aliphatic carbocycles. The van der Waals surface area contributed by atoms with E-state index >= 15 is 0 Å². The zero-order chi connectivity index (χ0) is 24.2. The summed E-state index contributed by atoms with van der Waals surface area (Å²) < 4.78 is 10.2. The van der Waals surface area contributed by atoms with Crippen molar-refractivity contribution < 1.29 is 28.7 Å². The van der Waals surface area contributed by atoms with Crippen molar-refractivity contribution >= 4 is 40.7 Å². The van der Waals surface area contributed by atoms with Crippen molar-refractivity contribution in [3.8, 4) is 11.5 Å². The highest BCUT2D eigenvalue weighted by Crippen LogP contribution is 2.30. The lowest BCUT2D eigenvalue weighted by molar-refractivity contribution is -0.132. The number of nitrogens with zero attached hydrogens (tertiary/aromatic N) is 2. The summed E-state index contributed by atoms with van der Waals surface area (Å²) in [5.41, 5.74) is 0.739. The van der Waals surface area contributed by atoms with E-state index in [1.165, 1.54) is 54.5 Å². The van der Waals surface area contributed by atoms with Crippen LogP contribution in [0.1, 0.15) is 28.6 Å². The van der Waals surface area contributed by atoms with Crippen molar-refractivity contribution in [2.75, 3.05) is 12.0 Å². The van der Waals surface area contributed by atoms with Gasteiger partial charge >= 0.3 is 5.97 Å². The molecule has 1 unspecified atom stereocenters. The SMILES string of the molecule is COc1ccc(C(=O)N(Cc2cccs2)C2CC(=O)N(c3ccc(OC(C)=O)cc3)C2=O)cc1. The minimum atomic E-state index is -0.947. The number of methoxy groups -OCH3 is 1. The summed E-state index contributed by atoms with van der Waals surface area (Å²) in [6.45, 7) is 1.49. The van der Waals surface area contributed by atoms with E-state index in [-0.39, 0.29) is 18.9 Å². The molecule has 1 fully saturated rings. The number of amides is 3. The van der Waals surface area contributed by atoms with E-state index in [2.05, 4.69) is 0 Å². The van der Waals surface area contributed by atoms with Crippen LogP contribution in [0.3, 0.4) is 0 Å². The summed E-state index contributed by atoms with van der Waals surface area (Å²) in [7, 11) is 1.54. The third-order valence-corrected chi connectivity index (χ3v) is 6.22. The lowest BCUT2D eigenvalue weighted by Crippen LogP contribution is -2.45. The van der Waals surface area contributed by atoms with Crippen LogP contribution in [0.15, 0.2) is 66.0 Å². The highest BCUT2D eigenvalue weighted by Gasteiger charge is 2.44. The molecule has 1 atom stereocenters. The van der Waals surface area contributed by atoms with Crippen LogP contribution in [-0.2, 0) is 20.9 Å². The molecule has 0 radical (unpaired) electrons. The van der Waals surface area contributed by atoms with Gasteiger partial charge in [-0.05, 0) is 60.0 Å². The molecule has 4 rings (SSSR count). The monoisotopic (exact) mass is 478 g/mol. The van der Waals surface area contributed by atoms with E-state index in [4.69, 9.17) is 9.47 Å². The second kappa shape index (κ2) is 9.88.